The van der Waals surface area contributed by atoms with Crippen molar-refractivity contribution in [2.24, 2.45) is 0 Å². The third-order valence-corrected chi connectivity index (χ3v) is 4.20. The van der Waals surface area contributed by atoms with Gasteiger partial charge in [0.25, 0.3) is 5.91 Å². The Morgan fingerprint density at radius 1 is 1.08 bits per heavy atom. The van der Waals surface area contributed by atoms with Crippen molar-refractivity contribution >= 4 is 57.3 Å². The number of rotatable bonds is 2. The number of amides is 1. The Kier molecular flexibility index (Phi) is 4.63. The minimum atomic E-state index is -0.470. The molecule has 1 N–H and O–H groups in total. The number of aryl methyl sites for hydroxylation is 1. The number of pyridine rings is 1. The van der Waals surface area contributed by atoms with Gasteiger partial charge in [-0.05, 0) is 43.3 Å². The van der Waals surface area contributed by atoms with E-state index in [4.69, 9.17) is 34.8 Å². The molecule has 0 unspecified atom stereocenters. The zero-order valence-electron chi connectivity index (χ0n) is 12.3. The van der Waals surface area contributed by atoms with Crippen molar-refractivity contribution in [3.8, 4) is 0 Å². The van der Waals surface area contributed by atoms with E-state index < -0.39 is 11.7 Å². The van der Waals surface area contributed by atoms with Crippen molar-refractivity contribution in [2.75, 3.05) is 5.32 Å². The van der Waals surface area contributed by atoms with Crippen LogP contribution in [0.5, 0.6) is 0 Å². The predicted octanol–water partition coefficient (Wildman–Crippen LogP) is 5.89. The van der Waals surface area contributed by atoms with E-state index in [9.17, 15) is 9.18 Å². The quantitative estimate of drug-likeness (QED) is 0.599. The summed E-state index contributed by atoms with van der Waals surface area (Å²) < 4.78 is 13.6. The number of carbonyl (C=O) groups is 1. The van der Waals surface area contributed by atoms with Gasteiger partial charge in [-0.15, -0.1) is 0 Å². The van der Waals surface area contributed by atoms with E-state index in [1.54, 1.807) is 13.0 Å². The van der Waals surface area contributed by atoms with Crippen LogP contribution in [0.2, 0.25) is 15.1 Å². The number of aromatic nitrogens is 1. The highest BCUT2D eigenvalue weighted by Gasteiger charge is 2.16. The Morgan fingerprint density at radius 2 is 1.75 bits per heavy atom. The maximum absolute atomic E-state index is 13.6. The number of nitrogens with zero attached hydrogens (tertiary/aromatic N) is 1. The number of hydrogen-bond acceptors (Lipinski definition) is 2. The molecule has 0 bridgehead atoms. The molecule has 3 nitrogen and oxygen atoms in total. The van der Waals surface area contributed by atoms with E-state index in [1.165, 1.54) is 30.3 Å². The number of hydrogen-bond donors (Lipinski definition) is 1. The highest BCUT2D eigenvalue weighted by Crippen LogP contribution is 2.34. The minimum absolute atomic E-state index is 0.210. The molecule has 0 fully saturated rings. The molecule has 0 spiro atoms. The molecule has 3 rings (SSSR count). The molecule has 7 heteroatoms. The minimum Gasteiger partial charge on any atom is -0.319 e. The summed E-state index contributed by atoms with van der Waals surface area (Å²) in [4.78, 5) is 17.0. The summed E-state index contributed by atoms with van der Waals surface area (Å²) in [5.41, 5.74) is 1.67. The number of halogens is 4. The Morgan fingerprint density at radius 3 is 2.42 bits per heavy atom. The lowest BCUT2D eigenvalue weighted by Crippen LogP contribution is -2.14. The molecule has 122 valence electrons. The molecular weight excluding hydrogens is 374 g/mol. The van der Waals surface area contributed by atoms with E-state index >= 15 is 0 Å². The molecular formula is C17H10Cl3FN2O. The van der Waals surface area contributed by atoms with Crippen molar-refractivity contribution in [1.29, 1.82) is 0 Å². The van der Waals surface area contributed by atoms with Gasteiger partial charge in [-0.25, -0.2) is 4.39 Å². The summed E-state index contributed by atoms with van der Waals surface area (Å²) in [6.07, 6.45) is 0. The van der Waals surface area contributed by atoms with Gasteiger partial charge in [0.05, 0.1) is 26.8 Å². The fourth-order valence-corrected chi connectivity index (χ4v) is 3.27. The second-order valence-electron chi connectivity index (χ2n) is 5.17. The Balaban J connectivity index is 2.08. The van der Waals surface area contributed by atoms with Crippen LogP contribution < -0.4 is 5.32 Å². The van der Waals surface area contributed by atoms with Gasteiger partial charge in [-0.3, -0.25) is 9.78 Å². The van der Waals surface area contributed by atoms with Crippen LogP contribution in [-0.2, 0) is 0 Å². The summed E-state index contributed by atoms with van der Waals surface area (Å²) >= 11 is 18.0. The molecule has 3 aromatic rings. The molecule has 1 amide bonds. The number of benzene rings is 2. The zero-order chi connectivity index (χ0) is 17.4. The average Bonchev–Trinajstić information content (AvgIpc) is 2.50. The standard InChI is InChI=1S/C17H10Cl3FN2O/c1-8-4-12(11-7-10(21)2-3-15(11)22-8)17(24)23-16-13(19)5-9(18)6-14(16)20/h2-7H,1H3,(H,23,24). The molecule has 0 aliphatic rings. The van der Waals surface area contributed by atoms with Gasteiger partial charge in [-0.1, -0.05) is 34.8 Å². The molecule has 0 atom stereocenters. The average molecular weight is 384 g/mol. The van der Waals surface area contributed by atoms with Crippen molar-refractivity contribution in [3.05, 3.63) is 68.5 Å². The van der Waals surface area contributed by atoms with Crippen molar-refractivity contribution in [1.82, 2.24) is 4.98 Å². The molecule has 1 heterocycles. The van der Waals surface area contributed by atoms with Crippen LogP contribution in [-0.4, -0.2) is 10.9 Å². The third-order valence-electron chi connectivity index (χ3n) is 3.39. The smallest absolute Gasteiger partial charge is 0.256 e. The van der Waals surface area contributed by atoms with Crippen molar-refractivity contribution < 1.29 is 9.18 Å². The van der Waals surface area contributed by atoms with E-state index in [-0.39, 0.29) is 21.3 Å². The topological polar surface area (TPSA) is 42.0 Å². The molecule has 0 saturated heterocycles. The van der Waals surface area contributed by atoms with Crippen LogP contribution in [0.15, 0.2) is 36.4 Å². The summed E-state index contributed by atoms with van der Waals surface area (Å²) in [5.74, 6) is -0.924. The second kappa shape index (κ2) is 6.55. The lowest BCUT2D eigenvalue weighted by Gasteiger charge is -2.12. The molecule has 1 aromatic heterocycles. The van der Waals surface area contributed by atoms with E-state index in [1.807, 2.05) is 0 Å². The second-order valence-corrected chi connectivity index (χ2v) is 6.42. The summed E-state index contributed by atoms with van der Waals surface area (Å²) in [5, 5.41) is 3.83. The number of anilines is 1. The van der Waals surface area contributed by atoms with Crippen LogP contribution in [0.25, 0.3) is 10.9 Å². The van der Waals surface area contributed by atoms with E-state index in [0.717, 1.165) is 0 Å². The third kappa shape index (κ3) is 3.31. The van der Waals surface area contributed by atoms with E-state index in [0.29, 0.717) is 21.6 Å². The summed E-state index contributed by atoms with van der Waals surface area (Å²) in [6, 6.07) is 8.61. The molecule has 0 aliphatic heterocycles. The van der Waals surface area contributed by atoms with Crippen molar-refractivity contribution in [2.45, 2.75) is 6.92 Å². The summed E-state index contributed by atoms with van der Waals surface area (Å²) in [7, 11) is 0. The monoisotopic (exact) mass is 382 g/mol. The molecule has 0 aliphatic carbocycles. The SMILES string of the molecule is Cc1cc(C(=O)Nc2c(Cl)cc(Cl)cc2Cl)c2cc(F)ccc2n1. The van der Waals surface area contributed by atoms with Gasteiger partial charge in [-0.2, -0.15) is 0 Å². The van der Waals surface area contributed by atoms with Gasteiger partial charge in [0.1, 0.15) is 5.82 Å². The van der Waals surface area contributed by atoms with Gasteiger partial charge in [0.2, 0.25) is 0 Å². The lowest BCUT2D eigenvalue weighted by molar-refractivity contribution is 0.102. The molecule has 24 heavy (non-hydrogen) atoms. The highest BCUT2D eigenvalue weighted by molar-refractivity contribution is 6.42. The van der Waals surface area contributed by atoms with Gasteiger partial charge >= 0.3 is 0 Å². The zero-order valence-corrected chi connectivity index (χ0v) is 14.6. The maximum atomic E-state index is 13.6. The molecule has 2 aromatic carbocycles. The van der Waals surface area contributed by atoms with Crippen LogP contribution in [0.3, 0.4) is 0 Å². The highest BCUT2D eigenvalue weighted by atomic mass is 35.5. The van der Waals surface area contributed by atoms with Gasteiger partial charge < -0.3 is 5.32 Å². The first kappa shape index (κ1) is 17.0. The van der Waals surface area contributed by atoms with E-state index in [2.05, 4.69) is 10.3 Å². The van der Waals surface area contributed by atoms with Crippen LogP contribution >= 0.6 is 34.8 Å². The number of carbonyl (C=O) groups excluding carboxylic acids is 1. The first-order chi connectivity index (χ1) is 11.3. The van der Waals surface area contributed by atoms with Crippen LogP contribution in [0.4, 0.5) is 10.1 Å². The predicted molar refractivity (Wildman–Crippen MR) is 95.9 cm³/mol. The van der Waals surface area contributed by atoms with Crippen LogP contribution in [0, 0.1) is 12.7 Å². The fraction of sp³-hybridized carbons (Fsp3) is 0.0588. The Bertz CT molecular complexity index is 952. The molecule has 0 saturated carbocycles. The Hall–Kier alpha value is -1.88. The molecule has 0 radical (unpaired) electrons. The lowest BCUT2D eigenvalue weighted by atomic mass is 10.1. The number of fused-ring (bicyclic) bond motifs is 1. The maximum Gasteiger partial charge on any atom is 0.256 e. The van der Waals surface area contributed by atoms with Gasteiger partial charge in [0, 0.05) is 16.1 Å². The first-order valence-corrected chi connectivity index (χ1v) is 8.01. The van der Waals surface area contributed by atoms with Gasteiger partial charge in [0.15, 0.2) is 0 Å². The Labute approximate surface area is 152 Å². The van der Waals surface area contributed by atoms with Crippen molar-refractivity contribution in [3.63, 3.8) is 0 Å². The first-order valence-electron chi connectivity index (χ1n) is 6.88. The fourth-order valence-electron chi connectivity index (χ4n) is 2.36. The normalized spacial score (nSPS) is 10.9. The number of nitrogens with one attached hydrogen (secondary N) is 1. The summed E-state index contributed by atoms with van der Waals surface area (Å²) in [6.45, 7) is 1.75. The van der Waals surface area contributed by atoms with Crippen LogP contribution in [0.1, 0.15) is 16.1 Å². The largest absolute Gasteiger partial charge is 0.319 e.